The molecule has 0 atom stereocenters. The molecule has 0 spiro atoms. The van der Waals surface area contributed by atoms with E-state index in [9.17, 15) is 18.0 Å². The Balaban J connectivity index is 2.42. The SMILES string of the molecule is CN(C)C1(CNC(=O)CCC(F)(F)F)CCCCC1. The number of alkyl halides is 3. The number of nitrogens with one attached hydrogen (secondary N) is 1. The molecule has 112 valence electrons. The van der Waals surface area contributed by atoms with Gasteiger partial charge in [0, 0.05) is 18.5 Å². The quantitative estimate of drug-likeness (QED) is 0.840. The van der Waals surface area contributed by atoms with Crippen LogP contribution in [0.5, 0.6) is 0 Å². The first kappa shape index (κ1) is 16.3. The molecule has 0 unspecified atom stereocenters. The lowest BCUT2D eigenvalue weighted by Gasteiger charge is -2.43. The average Bonchev–Trinajstić information content (AvgIpc) is 2.34. The maximum atomic E-state index is 12.0. The Bertz CT molecular complexity index is 297. The van der Waals surface area contributed by atoms with Crippen molar-refractivity contribution in [3.8, 4) is 0 Å². The number of carbonyl (C=O) groups excluding carboxylic acids is 1. The molecule has 1 aliphatic carbocycles. The predicted molar refractivity (Wildman–Crippen MR) is 67.8 cm³/mol. The van der Waals surface area contributed by atoms with E-state index in [1.807, 2.05) is 14.1 Å². The van der Waals surface area contributed by atoms with E-state index in [2.05, 4.69) is 10.2 Å². The summed E-state index contributed by atoms with van der Waals surface area (Å²) < 4.78 is 36.1. The fourth-order valence-electron chi connectivity index (χ4n) is 2.60. The predicted octanol–water partition coefficient (Wildman–Crippen LogP) is 2.71. The molecule has 1 N–H and O–H groups in total. The lowest BCUT2D eigenvalue weighted by Crippen LogP contribution is -2.53. The van der Waals surface area contributed by atoms with Gasteiger partial charge in [-0.1, -0.05) is 19.3 Å². The van der Waals surface area contributed by atoms with Crippen LogP contribution >= 0.6 is 0 Å². The van der Waals surface area contributed by atoms with Crippen molar-refractivity contribution < 1.29 is 18.0 Å². The van der Waals surface area contributed by atoms with Crippen molar-refractivity contribution in [2.45, 2.75) is 56.7 Å². The second-order valence-corrected chi connectivity index (χ2v) is 5.57. The lowest BCUT2D eigenvalue weighted by atomic mass is 9.80. The molecule has 0 aromatic rings. The van der Waals surface area contributed by atoms with Gasteiger partial charge in [0.1, 0.15) is 0 Å². The summed E-state index contributed by atoms with van der Waals surface area (Å²) in [5.41, 5.74) is -0.0911. The van der Waals surface area contributed by atoms with Crippen LogP contribution in [0.3, 0.4) is 0 Å². The number of hydrogen-bond donors (Lipinski definition) is 1. The molecular weight excluding hydrogens is 257 g/mol. The van der Waals surface area contributed by atoms with Crippen LogP contribution in [0, 0.1) is 0 Å². The van der Waals surface area contributed by atoms with E-state index in [1.165, 1.54) is 6.42 Å². The number of carbonyl (C=O) groups is 1. The number of rotatable bonds is 5. The Morgan fingerprint density at radius 2 is 1.79 bits per heavy atom. The highest BCUT2D eigenvalue weighted by atomic mass is 19.4. The van der Waals surface area contributed by atoms with Crippen LogP contribution < -0.4 is 5.32 Å². The van der Waals surface area contributed by atoms with Crippen molar-refractivity contribution in [1.82, 2.24) is 10.2 Å². The van der Waals surface area contributed by atoms with Crippen molar-refractivity contribution >= 4 is 5.91 Å². The third-order valence-electron chi connectivity index (χ3n) is 3.98. The zero-order valence-corrected chi connectivity index (χ0v) is 11.6. The molecule has 0 aromatic heterocycles. The second-order valence-electron chi connectivity index (χ2n) is 5.57. The summed E-state index contributed by atoms with van der Waals surface area (Å²) in [4.78, 5) is 13.6. The summed E-state index contributed by atoms with van der Waals surface area (Å²) in [6.45, 7) is 0.441. The summed E-state index contributed by atoms with van der Waals surface area (Å²) in [5, 5.41) is 2.67. The first-order chi connectivity index (χ1) is 8.75. The highest BCUT2D eigenvalue weighted by molar-refractivity contribution is 5.76. The van der Waals surface area contributed by atoms with Gasteiger partial charge in [0.25, 0.3) is 0 Å². The van der Waals surface area contributed by atoms with Crippen molar-refractivity contribution in [3.05, 3.63) is 0 Å². The van der Waals surface area contributed by atoms with Gasteiger partial charge < -0.3 is 10.2 Å². The zero-order valence-electron chi connectivity index (χ0n) is 11.6. The zero-order chi connectivity index (χ0) is 14.5. The third-order valence-corrected chi connectivity index (χ3v) is 3.98. The number of nitrogens with zero attached hydrogens (tertiary/aromatic N) is 1. The van der Waals surface area contributed by atoms with E-state index in [0.717, 1.165) is 25.7 Å². The maximum absolute atomic E-state index is 12.0. The standard InChI is InChI=1S/C13H23F3N2O/c1-18(2)12(7-4-3-5-8-12)10-17-11(19)6-9-13(14,15)16/h3-10H2,1-2H3,(H,17,19). The molecule has 0 aliphatic heterocycles. The van der Waals surface area contributed by atoms with Crippen LogP contribution in [0.4, 0.5) is 13.2 Å². The van der Waals surface area contributed by atoms with Crippen LogP contribution in [0.1, 0.15) is 44.9 Å². The first-order valence-electron chi connectivity index (χ1n) is 6.76. The van der Waals surface area contributed by atoms with Crippen LogP contribution in [-0.2, 0) is 4.79 Å². The monoisotopic (exact) mass is 280 g/mol. The fourth-order valence-corrected chi connectivity index (χ4v) is 2.60. The molecule has 0 bridgehead atoms. The van der Waals surface area contributed by atoms with Gasteiger partial charge in [-0.25, -0.2) is 0 Å². The molecule has 0 aromatic carbocycles. The Kier molecular flexibility index (Phi) is 5.64. The highest BCUT2D eigenvalue weighted by Gasteiger charge is 2.35. The molecule has 19 heavy (non-hydrogen) atoms. The van der Waals surface area contributed by atoms with Crippen LogP contribution in [0.15, 0.2) is 0 Å². The Hall–Kier alpha value is -0.780. The minimum Gasteiger partial charge on any atom is -0.354 e. The van der Waals surface area contributed by atoms with Gasteiger partial charge in [-0.15, -0.1) is 0 Å². The summed E-state index contributed by atoms with van der Waals surface area (Å²) in [5.74, 6) is -0.510. The van der Waals surface area contributed by atoms with Gasteiger partial charge in [-0.2, -0.15) is 13.2 Å². The van der Waals surface area contributed by atoms with E-state index in [4.69, 9.17) is 0 Å². The van der Waals surface area contributed by atoms with E-state index >= 15 is 0 Å². The van der Waals surface area contributed by atoms with Gasteiger partial charge in [-0.3, -0.25) is 4.79 Å². The fraction of sp³-hybridized carbons (Fsp3) is 0.923. The Morgan fingerprint density at radius 3 is 2.26 bits per heavy atom. The van der Waals surface area contributed by atoms with Crippen LogP contribution in [0.25, 0.3) is 0 Å². The number of halogens is 3. The highest BCUT2D eigenvalue weighted by Crippen LogP contribution is 2.31. The topological polar surface area (TPSA) is 32.3 Å². The van der Waals surface area contributed by atoms with E-state index in [1.54, 1.807) is 0 Å². The van der Waals surface area contributed by atoms with Crippen molar-refractivity contribution in [1.29, 1.82) is 0 Å². The molecular formula is C13H23F3N2O. The van der Waals surface area contributed by atoms with E-state index < -0.39 is 24.9 Å². The number of amides is 1. The number of likely N-dealkylation sites (N-methyl/N-ethyl adjacent to an activating group) is 1. The largest absolute Gasteiger partial charge is 0.389 e. The molecule has 0 radical (unpaired) electrons. The van der Waals surface area contributed by atoms with Gasteiger partial charge >= 0.3 is 6.18 Å². The molecule has 1 fully saturated rings. The van der Waals surface area contributed by atoms with Crippen LogP contribution in [0.2, 0.25) is 0 Å². The van der Waals surface area contributed by atoms with Gasteiger partial charge in [-0.05, 0) is 26.9 Å². The summed E-state index contributed by atoms with van der Waals surface area (Å²) in [6, 6.07) is 0. The molecule has 3 nitrogen and oxygen atoms in total. The average molecular weight is 280 g/mol. The molecule has 0 saturated heterocycles. The summed E-state index contributed by atoms with van der Waals surface area (Å²) in [7, 11) is 3.93. The van der Waals surface area contributed by atoms with Gasteiger partial charge in [0.05, 0.1) is 6.42 Å². The minimum atomic E-state index is -4.26. The summed E-state index contributed by atoms with van der Waals surface area (Å²) in [6.07, 6.45) is -0.411. The smallest absolute Gasteiger partial charge is 0.354 e. The normalized spacial score (nSPS) is 19.5. The van der Waals surface area contributed by atoms with Crippen molar-refractivity contribution in [2.24, 2.45) is 0 Å². The molecule has 0 heterocycles. The summed E-state index contributed by atoms with van der Waals surface area (Å²) >= 11 is 0. The van der Waals surface area contributed by atoms with Crippen molar-refractivity contribution in [2.75, 3.05) is 20.6 Å². The lowest BCUT2D eigenvalue weighted by molar-refractivity contribution is -0.144. The van der Waals surface area contributed by atoms with Gasteiger partial charge in [0.15, 0.2) is 0 Å². The Morgan fingerprint density at radius 1 is 1.21 bits per heavy atom. The van der Waals surface area contributed by atoms with E-state index in [0.29, 0.717) is 6.54 Å². The van der Waals surface area contributed by atoms with Gasteiger partial charge in [0.2, 0.25) is 5.91 Å². The molecule has 1 rings (SSSR count). The van der Waals surface area contributed by atoms with Crippen molar-refractivity contribution in [3.63, 3.8) is 0 Å². The molecule has 6 heteroatoms. The number of hydrogen-bond acceptors (Lipinski definition) is 2. The molecule has 1 saturated carbocycles. The molecule has 1 amide bonds. The Labute approximate surface area is 112 Å². The van der Waals surface area contributed by atoms with Crippen LogP contribution in [-0.4, -0.2) is 43.2 Å². The third kappa shape index (κ3) is 5.38. The maximum Gasteiger partial charge on any atom is 0.389 e. The second kappa shape index (κ2) is 6.59. The first-order valence-corrected chi connectivity index (χ1v) is 6.76. The minimum absolute atomic E-state index is 0.0911. The van der Waals surface area contributed by atoms with E-state index in [-0.39, 0.29) is 5.54 Å². The molecule has 1 aliphatic rings.